The summed E-state index contributed by atoms with van der Waals surface area (Å²) in [6, 6.07) is 0. The van der Waals surface area contributed by atoms with Gasteiger partial charge in [0, 0.05) is 0 Å². The molecular formula is C3H8KO3P. The van der Waals surface area contributed by atoms with E-state index in [9.17, 15) is 4.57 Å². The topological polar surface area (TPSA) is 57.5 Å². The molecule has 8 heavy (non-hydrogen) atoms. The SMILES string of the molecule is C=CCP(=O)(O)O.[KH]. The molecule has 0 aromatic rings. The normalized spacial score (nSPS) is 9.75. The van der Waals surface area contributed by atoms with Gasteiger partial charge in [-0.15, -0.1) is 6.58 Å². The maximum atomic E-state index is 9.85. The molecule has 0 atom stereocenters. The second-order valence-corrected chi connectivity index (χ2v) is 2.83. The molecule has 0 radical (unpaired) electrons. The van der Waals surface area contributed by atoms with Gasteiger partial charge in [0.2, 0.25) is 0 Å². The average molecular weight is 162 g/mol. The summed E-state index contributed by atoms with van der Waals surface area (Å²) in [5, 5.41) is 0. The van der Waals surface area contributed by atoms with Crippen molar-refractivity contribution < 1.29 is 14.4 Å². The van der Waals surface area contributed by atoms with E-state index >= 15 is 0 Å². The van der Waals surface area contributed by atoms with Crippen molar-refractivity contribution in [3.05, 3.63) is 12.7 Å². The van der Waals surface area contributed by atoms with E-state index in [-0.39, 0.29) is 57.5 Å². The van der Waals surface area contributed by atoms with Gasteiger partial charge in [0.1, 0.15) is 0 Å². The van der Waals surface area contributed by atoms with Crippen molar-refractivity contribution in [1.82, 2.24) is 0 Å². The molecule has 0 rings (SSSR count). The molecule has 0 saturated heterocycles. The summed E-state index contributed by atoms with van der Waals surface area (Å²) in [5.41, 5.74) is 0. The van der Waals surface area contributed by atoms with Gasteiger partial charge in [0.25, 0.3) is 0 Å². The van der Waals surface area contributed by atoms with Crippen LogP contribution in [0.15, 0.2) is 12.7 Å². The zero-order valence-electron chi connectivity index (χ0n) is 3.74. The molecule has 2 N–H and O–H groups in total. The van der Waals surface area contributed by atoms with Crippen LogP contribution in [-0.2, 0) is 4.57 Å². The van der Waals surface area contributed by atoms with Crippen LogP contribution in [0.5, 0.6) is 0 Å². The molecule has 5 heteroatoms. The quantitative estimate of drug-likeness (QED) is 0.333. The number of hydrogen-bond donors (Lipinski definition) is 2. The Labute approximate surface area is 90.8 Å². The molecule has 0 bridgehead atoms. The van der Waals surface area contributed by atoms with Crippen molar-refractivity contribution >= 4 is 59.0 Å². The van der Waals surface area contributed by atoms with Crippen molar-refractivity contribution in [2.75, 3.05) is 6.16 Å². The van der Waals surface area contributed by atoms with Crippen LogP contribution in [0.1, 0.15) is 0 Å². The van der Waals surface area contributed by atoms with Gasteiger partial charge < -0.3 is 9.79 Å². The van der Waals surface area contributed by atoms with Gasteiger partial charge in [0.15, 0.2) is 0 Å². The molecule has 3 nitrogen and oxygen atoms in total. The fourth-order valence-corrected chi connectivity index (χ4v) is 0.505. The average Bonchev–Trinajstić information content (AvgIpc) is 1.30. The zero-order valence-corrected chi connectivity index (χ0v) is 4.64. The molecule has 0 aliphatic carbocycles. The van der Waals surface area contributed by atoms with Gasteiger partial charge in [-0.1, -0.05) is 6.08 Å². The minimum absolute atomic E-state index is 0. The Morgan fingerprint density at radius 3 is 2.00 bits per heavy atom. The summed E-state index contributed by atoms with van der Waals surface area (Å²) >= 11 is 0. The van der Waals surface area contributed by atoms with Gasteiger partial charge in [-0.3, -0.25) is 4.57 Å². The Morgan fingerprint density at radius 1 is 1.62 bits per heavy atom. The van der Waals surface area contributed by atoms with Crippen LogP contribution in [0.3, 0.4) is 0 Å². The van der Waals surface area contributed by atoms with Crippen molar-refractivity contribution in [2.45, 2.75) is 0 Å². The van der Waals surface area contributed by atoms with Crippen LogP contribution < -0.4 is 0 Å². The van der Waals surface area contributed by atoms with E-state index in [4.69, 9.17) is 9.79 Å². The predicted molar refractivity (Wildman–Crippen MR) is 34.3 cm³/mol. The van der Waals surface area contributed by atoms with E-state index in [0.29, 0.717) is 0 Å². The summed E-state index contributed by atoms with van der Waals surface area (Å²) in [7, 11) is -3.78. The minimum atomic E-state index is -3.78. The van der Waals surface area contributed by atoms with E-state index in [1.54, 1.807) is 0 Å². The fourth-order valence-electron chi connectivity index (χ4n) is 0.168. The molecule has 0 aliphatic heterocycles. The molecule has 0 aromatic carbocycles. The third-order valence-electron chi connectivity index (χ3n) is 0.367. The molecule has 0 saturated carbocycles. The molecular weight excluding hydrogens is 154 g/mol. The Morgan fingerprint density at radius 2 is 2.00 bits per heavy atom. The van der Waals surface area contributed by atoms with E-state index in [1.165, 1.54) is 6.08 Å². The second-order valence-electron chi connectivity index (χ2n) is 1.14. The van der Waals surface area contributed by atoms with Crippen molar-refractivity contribution in [1.29, 1.82) is 0 Å². The van der Waals surface area contributed by atoms with Crippen LogP contribution in [-0.4, -0.2) is 67.3 Å². The Hall–Kier alpha value is 1.53. The van der Waals surface area contributed by atoms with Gasteiger partial charge in [0.05, 0.1) is 6.16 Å². The first-order valence-electron chi connectivity index (χ1n) is 1.72. The fraction of sp³-hybridized carbons (Fsp3) is 0.333. The maximum absolute atomic E-state index is 9.85. The van der Waals surface area contributed by atoms with Crippen LogP contribution in [0.2, 0.25) is 0 Å². The first-order valence-corrected chi connectivity index (χ1v) is 3.51. The van der Waals surface area contributed by atoms with E-state index in [2.05, 4.69) is 6.58 Å². The van der Waals surface area contributed by atoms with E-state index < -0.39 is 7.60 Å². The van der Waals surface area contributed by atoms with Crippen molar-refractivity contribution in [3.63, 3.8) is 0 Å². The van der Waals surface area contributed by atoms with Gasteiger partial charge >= 0.3 is 59.0 Å². The first-order chi connectivity index (χ1) is 3.06. The summed E-state index contributed by atoms with van der Waals surface area (Å²) in [6.07, 6.45) is 0.966. The third-order valence-corrected chi connectivity index (χ3v) is 1.10. The molecule has 0 heterocycles. The molecule has 0 amide bonds. The summed E-state index contributed by atoms with van der Waals surface area (Å²) < 4.78 is 9.85. The third kappa shape index (κ3) is 10.5. The monoisotopic (exact) mass is 162 g/mol. The van der Waals surface area contributed by atoms with Gasteiger partial charge in [-0.25, -0.2) is 0 Å². The van der Waals surface area contributed by atoms with Gasteiger partial charge in [-0.2, -0.15) is 0 Å². The Kier molecular flexibility index (Phi) is 8.13. The molecule has 44 valence electrons. The molecule has 0 unspecified atom stereocenters. The number of rotatable bonds is 2. The second kappa shape index (κ2) is 5.32. The van der Waals surface area contributed by atoms with Crippen LogP contribution in [0.25, 0.3) is 0 Å². The van der Waals surface area contributed by atoms with Crippen LogP contribution in [0.4, 0.5) is 0 Å². The van der Waals surface area contributed by atoms with Crippen LogP contribution in [0, 0.1) is 0 Å². The Balaban J connectivity index is 0. The first kappa shape index (κ1) is 12.2. The van der Waals surface area contributed by atoms with Gasteiger partial charge in [-0.05, 0) is 0 Å². The van der Waals surface area contributed by atoms with Crippen molar-refractivity contribution in [3.8, 4) is 0 Å². The van der Waals surface area contributed by atoms with Crippen LogP contribution >= 0.6 is 7.60 Å². The number of hydrogen-bond acceptors (Lipinski definition) is 1. The van der Waals surface area contributed by atoms with Crippen molar-refractivity contribution in [2.24, 2.45) is 0 Å². The molecule has 0 fully saturated rings. The number of allylic oxidation sites excluding steroid dienone is 1. The van der Waals surface area contributed by atoms with E-state index in [1.807, 2.05) is 0 Å². The standard InChI is InChI=1S/C3H7O3P.K.H/c1-2-3-7(4,5)6;;/h2H,1,3H2,(H2,4,5,6);;. The van der Waals surface area contributed by atoms with E-state index in [0.717, 1.165) is 0 Å². The summed E-state index contributed by atoms with van der Waals surface area (Å²) in [5.74, 6) is 0. The summed E-state index contributed by atoms with van der Waals surface area (Å²) in [6.45, 7) is 3.15. The molecule has 0 spiro atoms. The summed E-state index contributed by atoms with van der Waals surface area (Å²) in [4.78, 5) is 16.1. The predicted octanol–water partition coefficient (Wildman–Crippen LogP) is -0.298. The Bertz CT molecular complexity index is 107. The molecule has 0 aromatic heterocycles. The zero-order chi connectivity index (χ0) is 5.91. The molecule has 0 aliphatic rings.